The molecule has 4 fully saturated rings. The highest BCUT2D eigenvalue weighted by atomic mass is 35.5. The summed E-state index contributed by atoms with van der Waals surface area (Å²) in [7, 11) is -2.51. The maximum Gasteiger partial charge on any atom is 0.408 e. The van der Waals surface area contributed by atoms with Gasteiger partial charge in [0.1, 0.15) is 40.2 Å². The fourth-order valence-electron chi connectivity index (χ4n) is 9.00. The molecule has 2 aromatic heterocycles. The van der Waals surface area contributed by atoms with Gasteiger partial charge in [-0.05, 0) is 75.6 Å². The van der Waals surface area contributed by atoms with Gasteiger partial charge >= 0.3 is 6.18 Å². The van der Waals surface area contributed by atoms with Gasteiger partial charge in [0.15, 0.2) is 0 Å². The Labute approximate surface area is 362 Å². The number of carbonyl (C=O) groups is 4. The first-order chi connectivity index (χ1) is 29.6. The van der Waals surface area contributed by atoms with Gasteiger partial charge in [0.05, 0.1) is 35.8 Å². The lowest BCUT2D eigenvalue weighted by Crippen LogP contribution is -2.57. The first-order valence-electron chi connectivity index (χ1n) is 21.1. The molecule has 2 N–H and O–H groups in total. The SMILES string of the molecule is COc1ccc2c(O[C@@H]3C[C@H]4C(=O)N[C@]5(C(=O)NS(=O)(=O)C6CC6)CC5/C=C\CCCCC[C@H](CC(=O)N5CCCC5C(F)(F)F)C(=O)N4C3)cc(-c3ccccn3)nc2c1Cl. The van der Waals surface area contributed by atoms with Crippen LogP contribution in [0.4, 0.5) is 13.2 Å². The summed E-state index contributed by atoms with van der Waals surface area (Å²) in [4.78, 5) is 68.3. The number of alkyl halides is 3. The Kier molecular flexibility index (Phi) is 12.2. The average molecular weight is 901 g/mol. The second kappa shape index (κ2) is 17.3. The number of likely N-dealkylation sites (tertiary alicyclic amines) is 1. The Hall–Kier alpha value is -4.97. The summed E-state index contributed by atoms with van der Waals surface area (Å²) in [5.74, 6) is -3.93. The van der Waals surface area contributed by atoms with E-state index >= 15 is 0 Å². The Morgan fingerprint density at radius 1 is 1.03 bits per heavy atom. The molecule has 332 valence electrons. The summed E-state index contributed by atoms with van der Waals surface area (Å²) in [6.07, 6.45) is 2.71. The van der Waals surface area contributed by atoms with Gasteiger partial charge in [0.25, 0.3) is 5.91 Å². The van der Waals surface area contributed by atoms with Crippen LogP contribution in [0.1, 0.15) is 77.0 Å². The molecule has 14 nitrogen and oxygen atoms in total. The Balaban J connectivity index is 1.14. The zero-order valence-corrected chi connectivity index (χ0v) is 35.6. The van der Waals surface area contributed by atoms with Crippen LogP contribution in [0.3, 0.4) is 0 Å². The molecule has 1 aromatic carbocycles. The van der Waals surface area contributed by atoms with Crippen LogP contribution in [0.2, 0.25) is 5.02 Å². The van der Waals surface area contributed by atoms with Crippen molar-refractivity contribution in [1.82, 2.24) is 29.8 Å². The Morgan fingerprint density at radius 2 is 1.84 bits per heavy atom. The highest BCUT2D eigenvalue weighted by Crippen LogP contribution is 2.47. The molecule has 4 amide bonds. The van der Waals surface area contributed by atoms with Crippen molar-refractivity contribution in [3.8, 4) is 22.9 Å². The topological polar surface area (TPSA) is 177 Å². The summed E-state index contributed by atoms with van der Waals surface area (Å²) in [5, 5.41) is 2.84. The molecule has 6 atom stereocenters. The number of benzene rings is 1. The number of nitrogens with zero attached hydrogens (tertiary/aromatic N) is 4. The van der Waals surface area contributed by atoms with E-state index in [4.69, 9.17) is 26.1 Å². The molecule has 3 aromatic rings. The summed E-state index contributed by atoms with van der Waals surface area (Å²) in [5.41, 5.74) is -0.365. The number of ether oxygens (including phenoxy) is 2. The number of hydrogen-bond donors (Lipinski definition) is 2. The molecular formula is C43H48ClF3N6O8S. The van der Waals surface area contributed by atoms with Gasteiger partial charge in [-0.15, -0.1) is 0 Å². The Morgan fingerprint density at radius 3 is 2.56 bits per heavy atom. The molecular weight excluding hydrogens is 853 g/mol. The molecule has 2 saturated carbocycles. The predicted molar refractivity (Wildman–Crippen MR) is 221 cm³/mol. The van der Waals surface area contributed by atoms with E-state index in [2.05, 4.69) is 15.0 Å². The largest absolute Gasteiger partial charge is 0.495 e. The third-order valence-corrected chi connectivity index (χ3v) is 14.8. The molecule has 0 bridgehead atoms. The van der Waals surface area contributed by atoms with Crippen LogP contribution in [0, 0.1) is 11.8 Å². The Bertz CT molecular complexity index is 2390. The maximum absolute atomic E-state index is 14.9. The van der Waals surface area contributed by atoms with Crippen LogP contribution < -0.4 is 19.5 Å². The average Bonchev–Trinajstić information content (AvgIpc) is 4.11. The quantitative estimate of drug-likeness (QED) is 0.247. The highest BCUT2D eigenvalue weighted by molar-refractivity contribution is 7.91. The first-order valence-corrected chi connectivity index (χ1v) is 23.0. The number of fused-ring (bicyclic) bond motifs is 3. The van der Waals surface area contributed by atoms with Crippen LogP contribution in [-0.4, -0.2) is 107 Å². The molecule has 2 unspecified atom stereocenters. The first kappa shape index (κ1) is 43.7. The smallest absolute Gasteiger partial charge is 0.408 e. The lowest BCUT2D eigenvalue weighted by Gasteiger charge is -2.31. The normalized spacial score (nSPS) is 27.7. The molecule has 62 heavy (non-hydrogen) atoms. The second-order valence-corrected chi connectivity index (χ2v) is 19.2. The van der Waals surface area contributed by atoms with Crippen molar-refractivity contribution < 1.29 is 50.2 Å². The van der Waals surface area contributed by atoms with Crippen LogP contribution in [0.5, 0.6) is 11.5 Å². The zero-order chi connectivity index (χ0) is 44.0. The summed E-state index contributed by atoms with van der Waals surface area (Å²) in [6, 6.07) is 7.10. The van der Waals surface area contributed by atoms with Gasteiger partial charge in [-0.1, -0.05) is 42.7 Å². The number of hydrogen-bond acceptors (Lipinski definition) is 10. The number of halogens is 4. The zero-order valence-electron chi connectivity index (χ0n) is 34.0. The van der Waals surface area contributed by atoms with E-state index in [1.54, 1.807) is 48.7 Å². The molecule has 19 heteroatoms. The number of nitrogens with one attached hydrogen (secondary N) is 2. The summed E-state index contributed by atoms with van der Waals surface area (Å²) >= 11 is 6.77. The van der Waals surface area contributed by atoms with E-state index < -0.39 is 87.1 Å². The minimum atomic E-state index is -4.63. The van der Waals surface area contributed by atoms with E-state index in [1.807, 2.05) is 6.08 Å². The monoisotopic (exact) mass is 900 g/mol. The van der Waals surface area contributed by atoms with Crippen molar-refractivity contribution in [2.75, 3.05) is 20.2 Å². The van der Waals surface area contributed by atoms with Gasteiger partial charge < -0.3 is 24.6 Å². The van der Waals surface area contributed by atoms with Crippen molar-refractivity contribution in [3.63, 3.8) is 0 Å². The van der Waals surface area contributed by atoms with Gasteiger partial charge in [0, 0.05) is 48.9 Å². The van der Waals surface area contributed by atoms with E-state index in [1.165, 1.54) is 12.0 Å². The minimum absolute atomic E-state index is 0.0844. The van der Waals surface area contributed by atoms with Crippen molar-refractivity contribution in [2.45, 2.75) is 112 Å². The summed E-state index contributed by atoms with van der Waals surface area (Å²) < 4.78 is 82.2. The fourth-order valence-corrected chi connectivity index (χ4v) is 10.7. The lowest BCUT2D eigenvalue weighted by atomic mass is 9.94. The summed E-state index contributed by atoms with van der Waals surface area (Å²) in [6.45, 7) is -0.249. The van der Waals surface area contributed by atoms with Gasteiger partial charge in [-0.2, -0.15) is 13.2 Å². The number of pyridine rings is 2. The lowest BCUT2D eigenvalue weighted by molar-refractivity contribution is -0.183. The molecule has 3 aliphatic heterocycles. The minimum Gasteiger partial charge on any atom is -0.495 e. The second-order valence-electron chi connectivity index (χ2n) is 16.9. The van der Waals surface area contributed by atoms with E-state index in [0.29, 0.717) is 72.3 Å². The number of amides is 4. The molecule has 2 aliphatic carbocycles. The third-order valence-electron chi connectivity index (χ3n) is 12.6. The molecule has 2 saturated heterocycles. The van der Waals surface area contributed by atoms with Crippen molar-refractivity contribution >= 4 is 56.2 Å². The van der Waals surface area contributed by atoms with Crippen LogP contribution in [0.25, 0.3) is 22.3 Å². The molecule has 8 rings (SSSR count). The van der Waals surface area contributed by atoms with Gasteiger partial charge in [-0.25, -0.2) is 13.4 Å². The number of aromatic nitrogens is 2. The number of allylic oxidation sites excluding steroid dienone is 1. The van der Waals surface area contributed by atoms with Crippen molar-refractivity contribution in [2.24, 2.45) is 11.8 Å². The number of carbonyl (C=O) groups excluding carboxylic acids is 4. The standard InChI is InChI=1S/C43H48ClF3N6O8S/c1-60-33-17-16-29-34(22-31(49-38(29)37(33)44)30-12-7-8-18-48-30)61-27-21-32-39(55)50-42(41(57)51-62(58,59)28-14-15-28)23-26(42)11-6-4-2-3-5-10-25(40(56)53(32)24-27)20-36(54)52-19-9-13-35(52)43(45,46)47/h6-8,11-12,16-18,22,25-28,32,35H,2-5,9-10,13-15,19-21,23-24H2,1H3,(H,50,55)(H,51,57)/b11-6-/t25-,26?,27-,32+,35?,42-/m1/s1. The number of rotatable bonds is 9. The molecule has 5 aliphatic rings. The third kappa shape index (κ3) is 8.94. The molecule has 0 radical (unpaired) electrons. The van der Waals surface area contributed by atoms with E-state index in [9.17, 15) is 40.8 Å². The van der Waals surface area contributed by atoms with Crippen molar-refractivity contribution in [3.05, 3.63) is 59.8 Å². The van der Waals surface area contributed by atoms with Crippen LogP contribution in [0.15, 0.2) is 54.7 Å². The molecule has 0 spiro atoms. The van der Waals surface area contributed by atoms with E-state index in [-0.39, 0.29) is 50.2 Å². The van der Waals surface area contributed by atoms with Gasteiger partial charge in [-0.3, -0.25) is 28.9 Å². The fraction of sp³-hybridized carbons (Fsp3) is 0.535. The molecule has 5 heterocycles. The van der Waals surface area contributed by atoms with Crippen LogP contribution in [-0.2, 0) is 29.2 Å². The van der Waals surface area contributed by atoms with Gasteiger partial charge in [0.2, 0.25) is 27.7 Å². The number of sulfonamides is 1. The predicted octanol–water partition coefficient (Wildman–Crippen LogP) is 5.87. The van der Waals surface area contributed by atoms with E-state index in [0.717, 1.165) is 4.90 Å². The number of methoxy groups -OCH3 is 1. The highest BCUT2D eigenvalue weighted by Gasteiger charge is 2.62. The van der Waals surface area contributed by atoms with Crippen LogP contribution >= 0.6 is 11.6 Å². The van der Waals surface area contributed by atoms with Crippen molar-refractivity contribution in [1.29, 1.82) is 0 Å². The maximum atomic E-state index is 14.9.